The van der Waals surface area contributed by atoms with Crippen LogP contribution in [0.5, 0.6) is 0 Å². The third kappa shape index (κ3) is 3.10. The molecule has 0 aliphatic carbocycles. The van der Waals surface area contributed by atoms with Crippen molar-refractivity contribution in [1.82, 2.24) is 0 Å². The number of nitrogens with one attached hydrogen (secondary N) is 1. The summed E-state index contributed by atoms with van der Waals surface area (Å²) < 4.78 is 0. The second kappa shape index (κ2) is 5.94. The number of carbonyl (C=O) groups is 2. The third-order valence-electron chi connectivity index (χ3n) is 2.58. The van der Waals surface area contributed by atoms with E-state index in [0.717, 1.165) is 0 Å². The number of hydrogen-bond donors (Lipinski definition) is 2. The number of benzene rings is 2. The van der Waals surface area contributed by atoms with Gasteiger partial charge in [0.15, 0.2) is 0 Å². The number of carboxylic acid groups (broad SMARTS) is 1. The van der Waals surface area contributed by atoms with Crippen LogP contribution in [-0.4, -0.2) is 17.0 Å². The maximum atomic E-state index is 12.0. The molecule has 0 fully saturated rings. The highest BCUT2D eigenvalue weighted by molar-refractivity contribution is 6.36. The Hall–Kier alpha value is -2.04. The van der Waals surface area contributed by atoms with Gasteiger partial charge in [-0.2, -0.15) is 0 Å². The Morgan fingerprint density at radius 2 is 1.65 bits per heavy atom. The van der Waals surface area contributed by atoms with Gasteiger partial charge in [0.05, 0.1) is 16.3 Å². The SMILES string of the molecule is O=C(Nc1cccc(C(=O)O)c1Cl)c1ccc(Cl)cc1. The Morgan fingerprint density at radius 3 is 2.25 bits per heavy atom. The van der Waals surface area contributed by atoms with Crippen molar-refractivity contribution in [3.05, 3.63) is 63.6 Å². The van der Waals surface area contributed by atoms with Gasteiger partial charge in [0, 0.05) is 10.6 Å². The lowest BCUT2D eigenvalue weighted by molar-refractivity contribution is 0.0696. The fourth-order valence-electron chi connectivity index (χ4n) is 1.59. The van der Waals surface area contributed by atoms with Gasteiger partial charge in [-0.15, -0.1) is 0 Å². The molecular formula is C14H9Cl2NO3. The zero-order valence-electron chi connectivity index (χ0n) is 10.1. The lowest BCUT2D eigenvalue weighted by Gasteiger charge is -2.09. The third-order valence-corrected chi connectivity index (χ3v) is 3.24. The van der Waals surface area contributed by atoms with Gasteiger partial charge < -0.3 is 10.4 Å². The summed E-state index contributed by atoms with van der Waals surface area (Å²) in [6.45, 7) is 0. The smallest absolute Gasteiger partial charge is 0.337 e. The molecular weight excluding hydrogens is 301 g/mol. The van der Waals surface area contributed by atoms with Crippen molar-refractivity contribution in [3.8, 4) is 0 Å². The predicted octanol–water partition coefficient (Wildman–Crippen LogP) is 3.94. The van der Waals surface area contributed by atoms with E-state index in [4.69, 9.17) is 28.3 Å². The van der Waals surface area contributed by atoms with Crippen LogP contribution in [0.25, 0.3) is 0 Å². The minimum atomic E-state index is -1.16. The second-order valence-corrected chi connectivity index (χ2v) is 4.75. The summed E-state index contributed by atoms with van der Waals surface area (Å²) in [6, 6.07) is 10.7. The fraction of sp³-hybridized carbons (Fsp3) is 0. The zero-order valence-corrected chi connectivity index (χ0v) is 11.6. The molecule has 0 aliphatic rings. The zero-order chi connectivity index (χ0) is 14.7. The van der Waals surface area contributed by atoms with E-state index in [0.29, 0.717) is 10.6 Å². The van der Waals surface area contributed by atoms with Crippen molar-refractivity contribution < 1.29 is 14.7 Å². The lowest BCUT2D eigenvalue weighted by Crippen LogP contribution is -2.13. The van der Waals surface area contributed by atoms with Crippen LogP contribution in [0.1, 0.15) is 20.7 Å². The Labute approximate surface area is 124 Å². The molecule has 6 heteroatoms. The molecule has 2 N–H and O–H groups in total. The summed E-state index contributed by atoms with van der Waals surface area (Å²) in [5, 5.41) is 12.0. The van der Waals surface area contributed by atoms with Crippen molar-refractivity contribution in [2.24, 2.45) is 0 Å². The van der Waals surface area contributed by atoms with Gasteiger partial charge in [-0.3, -0.25) is 4.79 Å². The second-order valence-electron chi connectivity index (χ2n) is 3.93. The highest BCUT2D eigenvalue weighted by Crippen LogP contribution is 2.26. The molecule has 0 saturated carbocycles. The number of carboxylic acids is 1. The summed E-state index contributed by atoms with van der Waals surface area (Å²) >= 11 is 11.7. The topological polar surface area (TPSA) is 66.4 Å². The van der Waals surface area contributed by atoms with Gasteiger partial charge >= 0.3 is 5.97 Å². The van der Waals surface area contributed by atoms with Crippen LogP contribution in [0.2, 0.25) is 10.0 Å². The van der Waals surface area contributed by atoms with Crippen LogP contribution in [0.3, 0.4) is 0 Å². The number of anilines is 1. The van der Waals surface area contributed by atoms with E-state index in [9.17, 15) is 9.59 Å². The molecule has 2 aromatic carbocycles. The minimum absolute atomic E-state index is 0.0117. The van der Waals surface area contributed by atoms with Crippen molar-refractivity contribution in [1.29, 1.82) is 0 Å². The summed E-state index contributed by atoms with van der Waals surface area (Å²) in [5.41, 5.74) is 0.568. The summed E-state index contributed by atoms with van der Waals surface area (Å²) in [7, 11) is 0. The maximum Gasteiger partial charge on any atom is 0.337 e. The van der Waals surface area contributed by atoms with Crippen LogP contribution < -0.4 is 5.32 Å². The van der Waals surface area contributed by atoms with E-state index >= 15 is 0 Å². The largest absolute Gasteiger partial charge is 0.478 e. The van der Waals surface area contributed by atoms with Gasteiger partial charge in [-0.1, -0.05) is 29.3 Å². The van der Waals surface area contributed by atoms with E-state index < -0.39 is 11.9 Å². The molecule has 4 nitrogen and oxygen atoms in total. The first-order valence-corrected chi connectivity index (χ1v) is 6.33. The molecule has 0 aliphatic heterocycles. The first-order chi connectivity index (χ1) is 9.49. The van der Waals surface area contributed by atoms with E-state index in [2.05, 4.69) is 5.32 Å². The Balaban J connectivity index is 2.26. The van der Waals surface area contributed by atoms with Crippen LogP contribution in [0, 0.1) is 0 Å². The fourth-order valence-corrected chi connectivity index (χ4v) is 1.97. The van der Waals surface area contributed by atoms with Crippen molar-refractivity contribution in [3.63, 3.8) is 0 Å². The van der Waals surface area contributed by atoms with Crippen LogP contribution in [0.4, 0.5) is 5.69 Å². The van der Waals surface area contributed by atoms with Crippen molar-refractivity contribution >= 4 is 40.8 Å². The van der Waals surface area contributed by atoms with E-state index in [1.807, 2.05) is 0 Å². The molecule has 1 amide bonds. The molecule has 0 saturated heterocycles. The van der Waals surface area contributed by atoms with Gasteiger partial charge in [-0.05, 0) is 36.4 Å². The normalized spacial score (nSPS) is 10.1. The number of aromatic carboxylic acids is 1. The van der Waals surface area contributed by atoms with Gasteiger partial charge in [0.25, 0.3) is 5.91 Å². The number of carbonyl (C=O) groups excluding carboxylic acids is 1. The quantitative estimate of drug-likeness (QED) is 0.902. The maximum absolute atomic E-state index is 12.0. The minimum Gasteiger partial charge on any atom is -0.478 e. The van der Waals surface area contributed by atoms with Crippen molar-refractivity contribution in [2.75, 3.05) is 5.32 Å². The average Bonchev–Trinajstić information content (AvgIpc) is 2.41. The van der Waals surface area contributed by atoms with E-state index in [1.54, 1.807) is 24.3 Å². The molecule has 0 heterocycles. The van der Waals surface area contributed by atoms with E-state index in [-0.39, 0.29) is 16.3 Å². The highest BCUT2D eigenvalue weighted by Gasteiger charge is 2.14. The molecule has 0 aromatic heterocycles. The highest BCUT2D eigenvalue weighted by atomic mass is 35.5. The summed E-state index contributed by atoms with van der Waals surface area (Å²) in [4.78, 5) is 23.0. The van der Waals surface area contributed by atoms with Gasteiger partial charge in [0.2, 0.25) is 0 Å². The summed E-state index contributed by atoms with van der Waals surface area (Å²) in [5.74, 6) is -1.55. The molecule has 0 atom stereocenters. The van der Waals surface area contributed by atoms with Crippen LogP contribution in [-0.2, 0) is 0 Å². The predicted molar refractivity (Wildman–Crippen MR) is 77.8 cm³/mol. The van der Waals surface area contributed by atoms with Crippen LogP contribution >= 0.6 is 23.2 Å². The molecule has 102 valence electrons. The summed E-state index contributed by atoms with van der Waals surface area (Å²) in [6.07, 6.45) is 0. The Kier molecular flexibility index (Phi) is 4.27. The number of halogens is 2. The monoisotopic (exact) mass is 309 g/mol. The number of rotatable bonds is 3. The molecule has 2 rings (SSSR count). The molecule has 20 heavy (non-hydrogen) atoms. The van der Waals surface area contributed by atoms with E-state index in [1.165, 1.54) is 18.2 Å². The van der Waals surface area contributed by atoms with Crippen LogP contribution in [0.15, 0.2) is 42.5 Å². The molecule has 0 radical (unpaired) electrons. The lowest BCUT2D eigenvalue weighted by atomic mass is 10.1. The Morgan fingerprint density at radius 1 is 1.00 bits per heavy atom. The van der Waals surface area contributed by atoms with Crippen molar-refractivity contribution in [2.45, 2.75) is 0 Å². The first kappa shape index (κ1) is 14.4. The standard InChI is InChI=1S/C14H9Cl2NO3/c15-9-6-4-8(5-7-9)13(18)17-11-3-1-2-10(12(11)16)14(19)20/h1-7H,(H,17,18)(H,19,20). The Bertz CT molecular complexity index is 669. The van der Waals surface area contributed by atoms with Gasteiger partial charge in [0.1, 0.15) is 0 Å². The van der Waals surface area contributed by atoms with Gasteiger partial charge in [-0.25, -0.2) is 4.79 Å². The molecule has 0 unspecified atom stereocenters. The first-order valence-electron chi connectivity index (χ1n) is 5.58. The molecule has 2 aromatic rings. The average molecular weight is 310 g/mol. The molecule has 0 bridgehead atoms. The molecule has 0 spiro atoms. The number of hydrogen-bond acceptors (Lipinski definition) is 2. The number of amides is 1.